The van der Waals surface area contributed by atoms with Crippen molar-refractivity contribution in [2.45, 2.75) is 19.4 Å². The minimum absolute atomic E-state index is 0.182. The van der Waals surface area contributed by atoms with Crippen molar-refractivity contribution in [1.82, 2.24) is 0 Å². The largest absolute Gasteiger partial charge is 0.489 e. The molecule has 0 amide bonds. The summed E-state index contributed by atoms with van der Waals surface area (Å²) in [7, 11) is 0. The molecule has 0 radical (unpaired) electrons. The van der Waals surface area contributed by atoms with Crippen LogP contribution in [0.25, 0.3) is 0 Å². The minimum atomic E-state index is 0.182. The zero-order chi connectivity index (χ0) is 14.2. The zero-order valence-corrected chi connectivity index (χ0v) is 11.3. The summed E-state index contributed by atoms with van der Waals surface area (Å²) in [5.41, 5.74) is 2.79. The molecular formula is C17H18O3. The topological polar surface area (TPSA) is 46.5 Å². The third-order valence-electron chi connectivity index (χ3n) is 3.09. The fraction of sp³-hybridized carbons (Fsp3) is 0.235. The average molecular weight is 270 g/mol. The first-order valence-corrected chi connectivity index (χ1v) is 6.69. The Hall–Kier alpha value is -2.13. The molecule has 20 heavy (non-hydrogen) atoms. The number of aliphatic hydroxyl groups excluding tert-OH is 1. The van der Waals surface area contributed by atoms with Gasteiger partial charge in [-0.2, -0.15) is 0 Å². The first kappa shape index (κ1) is 14.3. The fourth-order valence-corrected chi connectivity index (χ4v) is 1.97. The highest BCUT2D eigenvalue weighted by Gasteiger charge is 2.03. The molecule has 0 saturated heterocycles. The number of hydrogen-bond donors (Lipinski definition) is 1. The number of ether oxygens (including phenoxy) is 1. The average Bonchev–Trinajstić information content (AvgIpc) is 2.52. The summed E-state index contributed by atoms with van der Waals surface area (Å²) < 4.78 is 5.82. The smallest absolute Gasteiger partial charge is 0.150 e. The van der Waals surface area contributed by atoms with Gasteiger partial charge in [0.2, 0.25) is 0 Å². The van der Waals surface area contributed by atoms with Gasteiger partial charge in [0.05, 0.1) is 0 Å². The molecule has 104 valence electrons. The van der Waals surface area contributed by atoms with Crippen molar-refractivity contribution in [1.29, 1.82) is 0 Å². The van der Waals surface area contributed by atoms with Crippen molar-refractivity contribution in [2.24, 2.45) is 0 Å². The molecule has 0 fully saturated rings. The molecule has 0 heterocycles. The van der Waals surface area contributed by atoms with Gasteiger partial charge < -0.3 is 9.84 Å². The first-order chi connectivity index (χ1) is 9.83. The van der Waals surface area contributed by atoms with Gasteiger partial charge in [0.25, 0.3) is 0 Å². The van der Waals surface area contributed by atoms with E-state index in [9.17, 15) is 4.79 Å². The van der Waals surface area contributed by atoms with Gasteiger partial charge >= 0.3 is 0 Å². The van der Waals surface area contributed by atoms with E-state index in [1.165, 1.54) is 0 Å². The van der Waals surface area contributed by atoms with Gasteiger partial charge in [-0.1, -0.05) is 42.5 Å². The zero-order valence-electron chi connectivity index (χ0n) is 11.3. The molecule has 1 N–H and O–H groups in total. The number of aldehydes is 1. The molecule has 0 aliphatic heterocycles. The van der Waals surface area contributed by atoms with Crippen LogP contribution >= 0.6 is 0 Å². The monoisotopic (exact) mass is 270 g/mol. The van der Waals surface area contributed by atoms with E-state index in [2.05, 4.69) is 0 Å². The molecule has 0 aliphatic carbocycles. The van der Waals surface area contributed by atoms with Gasteiger partial charge in [0.1, 0.15) is 18.6 Å². The SMILES string of the molecule is O=Cc1ccc(COc2ccccc2CCCO)cc1. The lowest BCUT2D eigenvalue weighted by Crippen LogP contribution is -1.99. The summed E-state index contributed by atoms with van der Waals surface area (Å²) >= 11 is 0. The van der Waals surface area contributed by atoms with E-state index in [0.29, 0.717) is 12.2 Å². The number of benzene rings is 2. The van der Waals surface area contributed by atoms with Crippen molar-refractivity contribution in [3.63, 3.8) is 0 Å². The Labute approximate surface area is 118 Å². The Morgan fingerprint density at radius 3 is 2.50 bits per heavy atom. The fourth-order valence-electron chi connectivity index (χ4n) is 1.97. The Morgan fingerprint density at radius 1 is 1.05 bits per heavy atom. The van der Waals surface area contributed by atoms with Crippen molar-refractivity contribution in [3.8, 4) is 5.75 Å². The number of carbonyl (C=O) groups excluding carboxylic acids is 1. The molecule has 3 heteroatoms. The van der Waals surface area contributed by atoms with Crippen LogP contribution in [-0.2, 0) is 13.0 Å². The molecule has 0 unspecified atom stereocenters. The Balaban J connectivity index is 2.00. The van der Waals surface area contributed by atoms with Crippen LogP contribution in [-0.4, -0.2) is 18.0 Å². The predicted octanol–water partition coefficient (Wildman–Crippen LogP) is 3.00. The van der Waals surface area contributed by atoms with Gasteiger partial charge in [-0.3, -0.25) is 4.79 Å². The van der Waals surface area contributed by atoms with Crippen LogP contribution in [0, 0.1) is 0 Å². The molecule has 0 bridgehead atoms. The quantitative estimate of drug-likeness (QED) is 0.787. The van der Waals surface area contributed by atoms with E-state index >= 15 is 0 Å². The van der Waals surface area contributed by atoms with Crippen molar-refractivity contribution in [3.05, 3.63) is 65.2 Å². The summed E-state index contributed by atoms with van der Waals surface area (Å²) in [6.07, 6.45) is 2.36. The maximum Gasteiger partial charge on any atom is 0.150 e. The number of para-hydroxylation sites is 1. The Morgan fingerprint density at radius 2 is 1.80 bits per heavy atom. The number of rotatable bonds is 7. The van der Waals surface area contributed by atoms with E-state index in [-0.39, 0.29) is 6.61 Å². The van der Waals surface area contributed by atoms with Gasteiger partial charge in [-0.25, -0.2) is 0 Å². The van der Waals surface area contributed by atoms with Gasteiger partial charge in [0.15, 0.2) is 0 Å². The van der Waals surface area contributed by atoms with Crippen LogP contribution < -0.4 is 4.74 Å². The number of aryl methyl sites for hydroxylation is 1. The van der Waals surface area contributed by atoms with Crippen molar-refractivity contribution >= 4 is 6.29 Å². The standard InChI is InChI=1S/C17H18O3/c18-11-3-5-16-4-1-2-6-17(16)20-13-15-9-7-14(12-19)8-10-15/h1-2,4,6-10,12,18H,3,5,11,13H2. The second-order valence-corrected chi connectivity index (χ2v) is 4.58. The van der Waals surface area contributed by atoms with Crippen LogP contribution in [0.5, 0.6) is 5.75 Å². The van der Waals surface area contributed by atoms with Crippen LogP contribution in [0.2, 0.25) is 0 Å². The van der Waals surface area contributed by atoms with E-state index in [1.54, 1.807) is 12.1 Å². The maximum atomic E-state index is 10.6. The molecule has 2 aromatic rings. The number of aliphatic hydroxyl groups is 1. The number of hydrogen-bond acceptors (Lipinski definition) is 3. The molecule has 0 aromatic heterocycles. The summed E-state index contributed by atoms with van der Waals surface area (Å²) in [5, 5.41) is 8.91. The highest BCUT2D eigenvalue weighted by molar-refractivity contribution is 5.74. The van der Waals surface area contributed by atoms with E-state index < -0.39 is 0 Å². The van der Waals surface area contributed by atoms with E-state index in [0.717, 1.165) is 36.0 Å². The van der Waals surface area contributed by atoms with E-state index in [4.69, 9.17) is 9.84 Å². The third-order valence-corrected chi connectivity index (χ3v) is 3.09. The first-order valence-electron chi connectivity index (χ1n) is 6.69. The number of carbonyl (C=O) groups is 1. The molecule has 0 aliphatic rings. The Bertz CT molecular complexity index is 546. The summed E-state index contributed by atoms with van der Waals surface area (Å²) in [5.74, 6) is 0.848. The van der Waals surface area contributed by atoms with Crippen LogP contribution in [0.15, 0.2) is 48.5 Å². The van der Waals surface area contributed by atoms with Crippen LogP contribution in [0.4, 0.5) is 0 Å². The molecule has 0 atom stereocenters. The second kappa shape index (κ2) is 7.46. The normalized spacial score (nSPS) is 10.2. The molecule has 0 saturated carbocycles. The van der Waals surface area contributed by atoms with E-state index in [1.807, 2.05) is 36.4 Å². The molecule has 2 rings (SSSR count). The lowest BCUT2D eigenvalue weighted by atomic mass is 10.1. The van der Waals surface area contributed by atoms with Crippen molar-refractivity contribution in [2.75, 3.05) is 6.61 Å². The second-order valence-electron chi connectivity index (χ2n) is 4.58. The molecule has 3 nitrogen and oxygen atoms in total. The molecular weight excluding hydrogens is 252 g/mol. The highest BCUT2D eigenvalue weighted by Crippen LogP contribution is 2.20. The van der Waals surface area contributed by atoms with Crippen LogP contribution in [0.3, 0.4) is 0 Å². The maximum absolute atomic E-state index is 10.6. The highest BCUT2D eigenvalue weighted by atomic mass is 16.5. The van der Waals surface area contributed by atoms with Gasteiger partial charge in [-0.05, 0) is 30.0 Å². The molecule has 0 spiro atoms. The summed E-state index contributed by atoms with van der Waals surface area (Å²) in [6.45, 7) is 0.650. The minimum Gasteiger partial charge on any atom is -0.489 e. The summed E-state index contributed by atoms with van der Waals surface area (Å²) in [6, 6.07) is 15.2. The predicted molar refractivity (Wildman–Crippen MR) is 78.0 cm³/mol. The summed E-state index contributed by atoms with van der Waals surface area (Å²) in [4.78, 5) is 10.6. The lowest BCUT2D eigenvalue weighted by molar-refractivity contribution is 0.112. The third kappa shape index (κ3) is 3.93. The van der Waals surface area contributed by atoms with Gasteiger partial charge in [0, 0.05) is 12.2 Å². The lowest BCUT2D eigenvalue weighted by Gasteiger charge is -2.11. The van der Waals surface area contributed by atoms with Crippen molar-refractivity contribution < 1.29 is 14.6 Å². The Kier molecular flexibility index (Phi) is 5.33. The molecule has 2 aromatic carbocycles. The van der Waals surface area contributed by atoms with Crippen LogP contribution in [0.1, 0.15) is 27.9 Å². The van der Waals surface area contributed by atoms with Gasteiger partial charge in [-0.15, -0.1) is 0 Å².